The highest BCUT2D eigenvalue weighted by Crippen LogP contribution is 2.17. The Morgan fingerprint density at radius 3 is 2.60 bits per heavy atom. The van der Waals surface area contributed by atoms with Crippen LogP contribution in [0.3, 0.4) is 0 Å². The Kier molecular flexibility index (Phi) is 4.60. The second kappa shape index (κ2) is 6.61. The van der Waals surface area contributed by atoms with Crippen LogP contribution in [0, 0.1) is 0 Å². The number of nitrogen functional groups attached to an aromatic ring is 1. The number of amides is 1. The van der Waals surface area contributed by atoms with Crippen LogP contribution < -0.4 is 15.8 Å². The van der Waals surface area contributed by atoms with Crippen molar-refractivity contribution < 1.29 is 9.53 Å². The summed E-state index contributed by atoms with van der Waals surface area (Å²) < 4.78 is 5.49. The predicted molar refractivity (Wildman–Crippen MR) is 81.0 cm³/mol. The monoisotopic (exact) mass is 270 g/mol. The Hall–Kier alpha value is -2.49. The zero-order valence-corrected chi connectivity index (χ0v) is 11.4. The van der Waals surface area contributed by atoms with Crippen molar-refractivity contribution in [1.29, 1.82) is 0 Å². The molecule has 0 radical (unpaired) electrons. The first-order valence-corrected chi connectivity index (χ1v) is 6.59. The van der Waals surface area contributed by atoms with Crippen LogP contribution in [0.5, 0.6) is 5.75 Å². The number of anilines is 2. The fraction of sp³-hybridized carbons (Fsp3) is 0.188. The Morgan fingerprint density at radius 2 is 1.95 bits per heavy atom. The first-order valence-electron chi connectivity index (χ1n) is 6.59. The average molecular weight is 270 g/mol. The van der Waals surface area contributed by atoms with Crippen molar-refractivity contribution in [1.82, 2.24) is 0 Å². The Balaban J connectivity index is 2.01. The highest BCUT2D eigenvalue weighted by molar-refractivity contribution is 6.04. The topological polar surface area (TPSA) is 64.3 Å². The number of rotatable bonds is 5. The maximum absolute atomic E-state index is 12.0. The molecule has 0 atom stereocenters. The lowest BCUT2D eigenvalue weighted by Gasteiger charge is -2.08. The molecule has 2 aromatic rings. The van der Waals surface area contributed by atoms with E-state index in [9.17, 15) is 4.79 Å². The minimum absolute atomic E-state index is 0.181. The number of carbonyl (C=O) groups excluding carboxylic acids is 1. The third-order valence-corrected chi connectivity index (χ3v) is 2.73. The lowest BCUT2D eigenvalue weighted by Crippen LogP contribution is -2.12. The van der Waals surface area contributed by atoms with E-state index >= 15 is 0 Å². The molecule has 2 rings (SSSR count). The summed E-state index contributed by atoms with van der Waals surface area (Å²) in [6.07, 6.45) is 0.966. The molecule has 0 aliphatic rings. The van der Waals surface area contributed by atoms with Gasteiger partial charge >= 0.3 is 0 Å². The molecule has 4 heteroatoms. The molecular weight excluding hydrogens is 252 g/mol. The van der Waals surface area contributed by atoms with Crippen LogP contribution in [-0.2, 0) is 0 Å². The van der Waals surface area contributed by atoms with E-state index in [1.165, 1.54) is 0 Å². The molecule has 0 aliphatic heterocycles. The van der Waals surface area contributed by atoms with Gasteiger partial charge in [0.25, 0.3) is 5.91 Å². The first kappa shape index (κ1) is 13.9. The van der Waals surface area contributed by atoms with Crippen LogP contribution in [0.4, 0.5) is 11.4 Å². The Morgan fingerprint density at radius 1 is 1.20 bits per heavy atom. The summed E-state index contributed by atoms with van der Waals surface area (Å²) in [5.41, 5.74) is 7.49. The first-order chi connectivity index (χ1) is 9.69. The zero-order valence-electron chi connectivity index (χ0n) is 11.4. The summed E-state index contributed by atoms with van der Waals surface area (Å²) >= 11 is 0. The van der Waals surface area contributed by atoms with Crippen LogP contribution in [0.2, 0.25) is 0 Å². The van der Waals surface area contributed by atoms with E-state index in [1.807, 2.05) is 24.3 Å². The summed E-state index contributed by atoms with van der Waals surface area (Å²) in [6, 6.07) is 14.2. The zero-order chi connectivity index (χ0) is 14.4. The van der Waals surface area contributed by atoms with Gasteiger partial charge in [0, 0.05) is 16.9 Å². The molecule has 1 amide bonds. The van der Waals surface area contributed by atoms with Crippen molar-refractivity contribution in [2.24, 2.45) is 0 Å². The Bertz CT molecular complexity index is 579. The third-order valence-electron chi connectivity index (χ3n) is 2.73. The van der Waals surface area contributed by atoms with Crippen molar-refractivity contribution in [2.45, 2.75) is 13.3 Å². The molecule has 4 nitrogen and oxygen atoms in total. The van der Waals surface area contributed by atoms with Gasteiger partial charge in [-0.05, 0) is 48.9 Å². The quantitative estimate of drug-likeness (QED) is 0.819. The van der Waals surface area contributed by atoms with E-state index in [0.717, 1.165) is 17.9 Å². The number of ether oxygens (including phenoxy) is 1. The van der Waals surface area contributed by atoms with Gasteiger partial charge in [-0.3, -0.25) is 4.79 Å². The molecule has 0 saturated heterocycles. The average Bonchev–Trinajstić information content (AvgIpc) is 2.46. The predicted octanol–water partition coefficient (Wildman–Crippen LogP) is 3.31. The van der Waals surface area contributed by atoms with E-state index in [2.05, 4.69) is 12.2 Å². The van der Waals surface area contributed by atoms with Crippen LogP contribution in [0.25, 0.3) is 0 Å². The van der Waals surface area contributed by atoms with Gasteiger partial charge in [-0.15, -0.1) is 0 Å². The van der Waals surface area contributed by atoms with Crippen LogP contribution in [-0.4, -0.2) is 12.5 Å². The van der Waals surface area contributed by atoms with E-state index in [0.29, 0.717) is 17.9 Å². The van der Waals surface area contributed by atoms with Gasteiger partial charge in [0.1, 0.15) is 5.75 Å². The molecule has 3 N–H and O–H groups in total. The molecule has 2 aromatic carbocycles. The fourth-order valence-corrected chi connectivity index (χ4v) is 1.74. The summed E-state index contributed by atoms with van der Waals surface area (Å²) in [6.45, 7) is 2.75. The third kappa shape index (κ3) is 3.75. The lowest BCUT2D eigenvalue weighted by molar-refractivity contribution is 0.102. The van der Waals surface area contributed by atoms with Crippen LogP contribution >= 0.6 is 0 Å². The van der Waals surface area contributed by atoms with Crippen molar-refractivity contribution in [3.05, 3.63) is 54.1 Å². The SMILES string of the molecule is CCCOc1ccc(NC(=O)c2cccc(N)c2)cc1. The van der Waals surface area contributed by atoms with Crippen molar-refractivity contribution >= 4 is 17.3 Å². The molecule has 0 unspecified atom stereocenters. The molecule has 0 heterocycles. The van der Waals surface area contributed by atoms with Gasteiger partial charge in [-0.25, -0.2) is 0 Å². The number of carbonyl (C=O) groups is 1. The summed E-state index contributed by atoms with van der Waals surface area (Å²) in [7, 11) is 0. The van der Waals surface area contributed by atoms with Gasteiger partial charge in [-0.1, -0.05) is 13.0 Å². The van der Waals surface area contributed by atoms with Gasteiger partial charge in [0.15, 0.2) is 0 Å². The molecule has 0 saturated carbocycles. The highest BCUT2D eigenvalue weighted by atomic mass is 16.5. The molecular formula is C16H18N2O2. The second-order valence-corrected chi connectivity index (χ2v) is 4.45. The number of nitrogens with two attached hydrogens (primary N) is 1. The van der Waals surface area contributed by atoms with Crippen LogP contribution in [0.1, 0.15) is 23.7 Å². The highest BCUT2D eigenvalue weighted by Gasteiger charge is 2.06. The minimum atomic E-state index is -0.181. The van der Waals surface area contributed by atoms with Crippen molar-refractivity contribution in [2.75, 3.05) is 17.7 Å². The normalized spacial score (nSPS) is 10.1. The number of hydrogen-bond donors (Lipinski definition) is 2. The molecule has 0 aromatic heterocycles. The molecule has 104 valence electrons. The van der Waals surface area contributed by atoms with Gasteiger partial charge < -0.3 is 15.8 Å². The number of benzene rings is 2. The van der Waals surface area contributed by atoms with E-state index in [4.69, 9.17) is 10.5 Å². The van der Waals surface area contributed by atoms with Gasteiger partial charge in [-0.2, -0.15) is 0 Å². The van der Waals surface area contributed by atoms with Crippen molar-refractivity contribution in [3.63, 3.8) is 0 Å². The lowest BCUT2D eigenvalue weighted by atomic mass is 10.2. The number of hydrogen-bond acceptors (Lipinski definition) is 3. The Labute approximate surface area is 118 Å². The maximum Gasteiger partial charge on any atom is 0.255 e. The fourth-order valence-electron chi connectivity index (χ4n) is 1.74. The molecule has 0 spiro atoms. The maximum atomic E-state index is 12.0. The van der Waals surface area contributed by atoms with Gasteiger partial charge in [0.2, 0.25) is 0 Å². The van der Waals surface area contributed by atoms with E-state index in [-0.39, 0.29) is 5.91 Å². The summed E-state index contributed by atoms with van der Waals surface area (Å²) in [5, 5.41) is 2.82. The second-order valence-electron chi connectivity index (χ2n) is 4.45. The molecule has 0 bridgehead atoms. The molecule has 0 fully saturated rings. The summed E-state index contributed by atoms with van der Waals surface area (Å²) in [4.78, 5) is 12.0. The summed E-state index contributed by atoms with van der Waals surface area (Å²) in [5.74, 6) is 0.619. The van der Waals surface area contributed by atoms with Crippen molar-refractivity contribution in [3.8, 4) is 5.75 Å². The van der Waals surface area contributed by atoms with Crippen LogP contribution in [0.15, 0.2) is 48.5 Å². The minimum Gasteiger partial charge on any atom is -0.494 e. The van der Waals surface area contributed by atoms with E-state index < -0.39 is 0 Å². The smallest absolute Gasteiger partial charge is 0.255 e. The van der Waals surface area contributed by atoms with E-state index in [1.54, 1.807) is 24.3 Å². The van der Waals surface area contributed by atoms with Gasteiger partial charge in [0.05, 0.1) is 6.61 Å². The standard InChI is InChI=1S/C16H18N2O2/c1-2-10-20-15-8-6-14(7-9-15)18-16(19)12-4-3-5-13(17)11-12/h3-9,11H,2,10,17H2,1H3,(H,18,19). The molecule has 0 aliphatic carbocycles. The molecule has 20 heavy (non-hydrogen) atoms. The number of nitrogens with one attached hydrogen (secondary N) is 1. The largest absolute Gasteiger partial charge is 0.494 e.